The number of ether oxygens (including phenoxy) is 1. The second kappa shape index (κ2) is 6.01. The molecule has 1 unspecified atom stereocenters. The number of hydrogen-bond acceptors (Lipinski definition) is 5. The Hall–Kier alpha value is -2.28. The monoisotopic (exact) mass is 292 g/mol. The van der Waals surface area contributed by atoms with E-state index in [0.717, 1.165) is 0 Å². The number of benzene rings is 1. The van der Waals surface area contributed by atoms with Gasteiger partial charge in [0, 0.05) is 20.0 Å². The van der Waals surface area contributed by atoms with Gasteiger partial charge in [-0.3, -0.25) is 9.48 Å². The molecular weight excluding hydrogens is 275 g/mol. The Morgan fingerprint density at radius 3 is 2.81 bits per heavy atom. The third-order valence-corrected chi connectivity index (χ3v) is 3.57. The first-order valence-electron chi connectivity index (χ1n) is 6.41. The largest absolute Gasteiger partial charge is 0.468 e. The van der Waals surface area contributed by atoms with E-state index in [1.54, 1.807) is 17.8 Å². The second-order valence-electron chi connectivity index (χ2n) is 4.76. The molecule has 1 aromatic heterocycles. The highest BCUT2D eigenvalue weighted by Crippen LogP contribution is 2.29. The minimum absolute atomic E-state index is 0.0318. The van der Waals surface area contributed by atoms with E-state index in [0.29, 0.717) is 11.4 Å². The predicted molar refractivity (Wildman–Crippen MR) is 73.9 cm³/mol. The first kappa shape index (κ1) is 15.1. The van der Waals surface area contributed by atoms with E-state index in [1.807, 2.05) is 0 Å². The van der Waals surface area contributed by atoms with Gasteiger partial charge in [0.25, 0.3) is 0 Å². The summed E-state index contributed by atoms with van der Waals surface area (Å²) in [6.45, 7) is -0.0318. The topological polar surface area (TPSA) is 83.0 Å². The van der Waals surface area contributed by atoms with E-state index in [1.165, 1.54) is 31.6 Å². The summed E-state index contributed by atoms with van der Waals surface area (Å²) in [5.41, 5.74) is 5.11. The zero-order valence-electron chi connectivity index (χ0n) is 11.9. The van der Waals surface area contributed by atoms with Crippen molar-refractivity contribution in [1.82, 2.24) is 14.8 Å². The molecule has 0 aliphatic rings. The molecule has 0 aliphatic heterocycles. The van der Waals surface area contributed by atoms with Crippen molar-refractivity contribution >= 4 is 5.97 Å². The van der Waals surface area contributed by atoms with Gasteiger partial charge in [0.15, 0.2) is 0 Å². The number of methoxy groups -OCH3 is 1. The van der Waals surface area contributed by atoms with Crippen LogP contribution >= 0.6 is 0 Å². The van der Waals surface area contributed by atoms with Crippen LogP contribution in [0.3, 0.4) is 0 Å². The van der Waals surface area contributed by atoms with Crippen molar-refractivity contribution in [2.45, 2.75) is 11.8 Å². The van der Waals surface area contributed by atoms with E-state index in [-0.39, 0.29) is 13.0 Å². The van der Waals surface area contributed by atoms with Crippen molar-refractivity contribution in [2.75, 3.05) is 13.7 Å². The fourth-order valence-corrected chi connectivity index (χ4v) is 2.30. The van der Waals surface area contributed by atoms with Crippen molar-refractivity contribution in [3.63, 3.8) is 0 Å². The normalized spacial score (nSPS) is 13.7. The van der Waals surface area contributed by atoms with Gasteiger partial charge >= 0.3 is 5.97 Å². The smallest absolute Gasteiger partial charge is 0.318 e. The van der Waals surface area contributed by atoms with Crippen molar-refractivity contribution in [3.05, 3.63) is 47.8 Å². The average Bonchev–Trinajstić information content (AvgIpc) is 2.89. The highest BCUT2D eigenvalue weighted by atomic mass is 19.1. The summed E-state index contributed by atoms with van der Waals surface area (Å²) in [6.07, 6.45) is 1.57. The summed E-state index contributed by atoms with van der Waals surface area (Å²) >= 11 is 0. The molecule has 0 spiro atoms. The van der Waals surface area contributed by atoms with Gasteiger partial charge in [0.1, 0.15) is 23.4 Å². The molecule has 0 radical (unpaired) electrons. The fraction of sp³-hybridized carbons (Fsp3) is 0.357. The Balaban J connectivity index is 2.53. The molecule has 2 rings (SSSR count). The Bertz CT molecular complexity index is 643. The predicted octanol–water partition coefficient (Wildman–Crippen LogP) is 0.566. The zero-order valence-corrected chi connectivity index (χ0v) is 11.9. The first-order valence-corrected chi connectivity index (χ1v) is 6.41. The molecule has 0 saturated heterocycles. The number of rotatable bonds is 5. The lowest BCUT2D eigenvalue weighted by Gasteiger charge is -2.29. The number of nitrogens with two attached hydrogens (primary N) is 1. The number of aromatic nitrogens is 3. The van der Waals surface area contributed by atoms with Crippen LogP contribution in [-0.2, 0) is 28.4 Å². The molecule has 7 heteroatoms. The van der Waals surface area contributed by atoms with Crippen molar-refractivity contribution in [3.8, 4) is 0 Å². The summed E-state index contributed by atoms with van der Waals surface area (Å²) in [5, 5.41) is 3.97. The highest BCUT2D eigenvalue weighted by Gasteiger charge is 2.42. The van der Waals surface area contributed by atoms with Crippen LogP contribution in [0.2, 0.25) is 0 Å². The summed E-state index contributed by atoms with van der Waals surface area (Å²) in [4.78, 5) is 16.4. The summed E-state index contributed by atoms with van der Waals surface area (Å²) in [5.74, 6) is -0.402. The molecule has 6 nitrogen and oxygen atoms in total. The maximum absolute atomic E-state index is 13.5. The SMILES string of the molecule is COC(=O)C(CN)(Cc1ncnn1C)c1cccc(F)c1. The van der Waals surface area contributed by atoms with Crippen molar-refractivity contribution in [2.24, 2.45) is 12.8 Å². The van der Waals surface area contributed by atoms with E-state index in [9.17, 15) is 9.18 Å². The van der Waals surface area contributed by atoms with Crippen molar-refractivity contribution in [1.29, 1.82) is 0 Å². The molecule has 2 N–H and O–H groups in total. The maximum atomic E-state index is 13.5. The molecular formula is C14H17FN4O2. The number of esters is 1. The molecule has 21 heavy (non-hydrogen) atoms. The van der Waals surface area contributed by atoms with Crippen molar-refractivity contribution < 1.29 is 13.9 Å². The molecule has 2 aromatic rings. The molecule has 1 heterocycles. The number of carbonyl (C=O) groups excluding carboxylic acids is 1. The van der Waals surface area contributed by atoms with Gasteiger partial charge in [-0.15, -0.1) is 0 Å². The van der Waals surface area contributed by atoms with Gasteiger partial charge in [-0.05, 0) is 17.7 Å². The summed E-state index contributed by atoms with van der Waals surface area (Å²) < 4.78 is 20.0. The molecule has 0 fully saturated rings. The maximum Gasteiger partial charge on any atom is 0.318 e. The van der Waals surface area contributed by atoms with Crippen LogP contribution in [0.4, 0.5) is 4.39 Å². The highest BCUT2D eigenvalue weighted by molar-refractivity contribution is 5.84. The van der Waals surface area contributed by atoms with Gasteiger partial charge < -0.3 is 10.5 Å². The molecule has 0 aliphatic carbocycles. The van der Waals surface area contributed by atoms with Gasteiger partial charge in [-0.1, -0.05) is 12.1 Å². The van der Waals surface area contributed by atoms with Crippen LogP contribution in [-0.4, -0.2) is 34.4 Å². The zero-order chi connectivity index (χ0) is 15.5. The van der Waals surface area contributed by atoms with Crippen LogP contribution < -0.4 is 5.73 Å². The van der Waals surface area contributed by atoms with Crippen LogP contribution in [0.15, 0.2) is 30.6 Å². The molecule has 112 valence electrons. The third kappa shape index (κ3) is 2.78. The summed E-state index contributed by atoms with van der Waals surface area (Å²) in [6, 6.07) is 5.79. The first-order chi connectivity index (χ1) is 10.0. The number of halogens is 1. The Labute approximate surface area is 121 Å². The van der Waals surface area contributed by atoms with Crippen LogP contribution in [0.5, 0.6) is 0 Å². The van der Waals surface area contributed by atoms with Gasteiger partial charge in [0.2, 0.25) is 0 Å². The molecule has 0 saturated carbocycles. The Kier molecular flexibility index (Phi) is 4.32. The summed E-state index contributed by atoms with van der Waals surface area (Å²) in [7, 11) is 3.00. The number of nitrogens with zero attached hydrogens (tertiary/aromatic N) is 3. The van der Waals surface area contributed by atoms with E-state index in [2.05, 4.69) is 10.1 Å². The molecule has 1 aromatic carbocycles. The lowest BCUT2D eigenvalue weighted by atomic mass is 9.77. The van der Waals surface area contributed by atoms with Gasteiger partial charge in [-0.2, -0.15) is 5.10 Å². The number of carbonyl (C=O) groups is 1. The lowest BCUT2D eigenvalue weighted by Crippen LogP contribution is -2.46. The number of aryl methyl sites for hydroxylation is 1. The van der Waals surface area contributed by atoms with E-state index >= 15 is 0 Å². The second-order valence-corrected chi connectivity index (χ2v) is 4.76. The van der Waals surface area contributed by atoms with Crippen LogP contribution in [0.25, 0.3) is 0 Å². The molecule has 1 atom stereocenters. The van der Waals surface area contributed by atoms with Gasteiger partial charge in [0.05, 0.1) is 7.11 Å². The standard InChI is InChI=1S/C14H17FN4O2/c1-19-12(17-9-18-19)7-14(8-16,13(20)21-2)10-4-3-5-11(15)6-10/h3-6,9H,7-8,16H2,1-2H3. The van der Waals surface area contributed by atoms with Crippen LogP contribution in [0.1, 0.15) is 11.4 Å². The lowest BCUT2D eigenvalue weighted by molar-refractivity contribution is -0.147. The van der Waals surface area contributed by atoms with E-state index in [4.69, 9.17) is 10.5 Å². The third-order valence-electron chi connectivity index (χ3n) is 3.57. The van der Waals surface area contributed by atoms with E-state index < -0.39 is 17.2 Å². The Morgan fingerprint density at radius 2 is 2.29 bits per heavy atom. The quantitative estimate of drug-likeness (QED) is 0.814. The molecule has 0 amide bonds. The average molecular weight is 292 g/mol. The molecule has 0 bridgehead atoms. The van der Waals surface area contributed by atoms with Gasteiger partial charge in [-0.25, -0.2) is 9.37 Å². The van der Waals surface area contributed by atoms with Crippen LogP contribution in [0, 0.1) is 5.82 Å². The minimum atomic E-state index is -1.20. The number of hydrogen-bond donors (Lipinski definition) is 1. The fourth-order valence-electron chi connectivity index (χ4n) is 2.30. The minimum Gasteiger partial charge on any atom is -0.468 e. The Morgan fingerprint density at radius 1 is 1.52 bits per heavy atom.